The molecule has 0 heterocycles. The van der Waals surface area contributed by atoms with E-state index < -0.39 is 5.95 Å². The highest BCUT2D eigenvalue weighted by molar-refractivity contribution is 9.39. The van der Waals surface area contributed by atoms with Gasteiger partial charge in [0.05, 0.1) is 0 Å². The van der Waals surface area contributed by atoms with Gasteiger partial charge in [-0.3, -0.25) is 0 Å². The fourth-order valence-corrected chi connectivity index (χ4v) is 1.72. The summed E-state index contributed by atoms with van der Waals surface area (Å²) in [6.07, 6.45) is 6.28. The molecule has 0 saturated carbocycles. The number of hydrogen-bond acceptors (Lipinski definition) is 2. The smallest absolute Gasteiger partial charge is 0.269 e. The van der Waals surface area contributed by atoms with Crippen molar-refractivity contribution in [1.82, 2.24) is 0 Å². The Hall–Kier alpha value is 0.780. The van der Waals surface area contributed by atoms with Crippen molar-refractivity contribution in [3.8, 4) is 0 Å². The van der Waals surface area contributed by atoms with Crippen molar-refractivity contribution >= 4 is 47.8 Å². The molecule has 0 radical (unpaired) electrons. The zero-order valence-corrected chi connectivity index (χ0v) is 11.9. The van der Waals surface area contributed by atoms with Crippen LogP contribution < -0.4 is 0 Å². The molecule has 0 unspecified atom stereocenters. The van der Waals surface area contributed by atoms with Crippen LogP contribution in [0.25, 0.3) is 0 Å². The monoisotopic (exact) mass is 378 g/mol. The molecular formula is C8H13Br3O2. The number of hydrogen-bond donors (Lipinski definition) is 2. The highest BCUT2D eigenvalue weighted by Crippen LogP contribution is 2.38. The minimum Gasteiger partial charge on any atom is -0.481 e. The largest absolute Gasteiger partial charge is 0.481 e. The lowest BCUT2D eigenvalue weighted by atomic mass is 10.1. The van der Waals surface area contributed by atoms with E-state index in [1.165, 1.54) is 6.08 Å². The van der Waals surface area contributed by atoms with Gasteiger partial charge in [-0.05, 0) is 25.3 Å². The van der Waals surface area contributed by atoms with Crippen LogP contribution in [0, 0.1) is 0 Å². The first-order valence-corrected chi connectivity index (χ1v) is 6.44. The Morgan fingerprint density at radius 1 is 1.08 bits per heavy atom. The van der Waals surface area contributed by atoms with Crippen molar-refractivity contribution in [2.75, 3.05) is 0 Å². The quantitative estimate of drug-likeness (QED) is 0.411. The predicted molar refractivity (Wildman–Crippen MR) is 65.9 cm³/mol. The number of rotatable bonds is 5. The summed E-state index contributed by atoms with van der Waals surface area (Å²) in [5.41, 5.74) is 0. The van der Waals surface area contributed by atoms with Crippen LogP contribution in [0.1, 0.15) is 32.1 Å². The third-order valence-electron chi connectivity index (χ3n) is 1.49. The van der Waals surface area contributed by atoms with E-state index in [1.54, 1.807) is 0 Å². The molecule has 0 bridgehead atoms. The van der Waals surface area contributed by atoms with E-state index in [0.29, 0.717) is 0 Å². The zero-order chi connectivity index (χ0) is 10.3. The number of aliphatic hydroxyl groups is 2. The number of allylic oxidation sites excluding steroid dienone is 1. The van der Waals surface area contributed by atoms with Gasteiger partial charge >= 0.3 is 0 Å². The Balaban J connectivity index is 3.23. The Bertz CT molecular complexity index is 159. The van der Waals surface area contributed by atoms with Gasteiger partial charge in [0.2, 0.25) is 0 Å². The predicted octanol–water partition coefficient (Wildman–Crippen LogP) is 4.73. The molecule has 0 saturated heterocycles. The molecule has 0 aliphatic rings. The van der Waals surface area contributed by atoms with E-state index >= 15 is 0 Å². The summed E-state index contributed by atoms with van der Waals surface area (Å²) >= 11 is 10.2. The fraction of sp³-hybridized carbons (Fsp3) is 0.750. The molecule has 0 rings (SSSR count). The second-order valence-electron chi connectivity index (χ2n) is 2.78. The Morgan fingerprint density at radius 2 is 1.69 bits per heavy atom. The molecule has 0 amide bonds. The summed E-state index contributed by atoms with van der Waals surface area (Å²) in [7, 11) is 0. The molecule has 0 aliphatic carbocycles. The maximum Gasteiger partial charge on any atom is 0.269 e. The van der Waals surface area contributed by atoms with Crippen molar-refractivity contribution in [3.05, 3.63) is 12.0 Å². The summed E-state index contributed by atoms with van der Waals surface area (Å²) in [6.45, 7) is 0. The molecule has 0 spiro atoms. The first kappa shape index (κ1) is 13.8. The summed E-state index contributed by atoms with van der Waals surface area (Å²) in [5, 5.41) is 16.9. The molecule has 0 aromatic heterocycles. The van der Waals surface area contributed by atoms with Crippen molar-refractivity contribution < 1.29 is 10.2 Å². The Morgan fingerprint density at radius 3 is 2.15 bits per heavy atom. The Labute approximate surface area is 104 Å². The van der Waals surface area contributed by atoms with Gasteiger partial charge in [-0.2, -0.15) is 0 Å². The summed E-state index contributed by atoms with van der Waals surface area (Å²) < 4.78 is -0.137. The van der Waals surface area contributed by atoms with Gasteiger partial charge in [-0.1, -0.05) is 60.6 Å². The third kappa shape index (κ3) is 12.8. The maximum atomic E-state index is 8.43. The lowest BCUT2D eigenvalue weighted by Gasteiger charge is -2.10. The normalized spacial score (nSPS) is 11.3. The second-order valence-corrected chi connectivity index (χ2v) is 10.0. The van der Waals surface area contributed by atoms with E-state index in [1.807, 2.05) is 0 Å². The third-order valence-corrected chi connectivity index (χ3v) is 2.68. The minimum atomic E-state index is -0.573. The summed E-state index contributed by atoms with van der Waals surface area (Å²) in [6, 6.07) is 0. The van der Waals surface area contributed by atoms with Gasteiger partial charge in [-0.25, -0.2) is 0 Å². The first-order valence-electron chi connectivity index (χ1n) is 4.06. The lowest BCUT2D eigenvalue weighted by Crippen LogP contribution is -1.97. The van der Waals surface area contributed by atoms with Crippen LogP contribution >= 0.6 is 47.8 Å². The van der Waals surface area contributed by atoms with Gasteiger partial charge in [-0.15, -0.1) is 0 Å². The van der Waals surface area contributed by atoms with Crippen molar-refractivity contribution in [1.29, 1.82) is 0 Å². The van der Waals surface area contributed by atoms with E-state index in [2.05, 4.69) is 47.8 Å². The molecule has 13 heavy (non-hydrogen) atoms. The lowest BCUT2D eigenvalue weighted by molar-refractivity contribution is 0.189. The maximum absolute atomic E-state index is 8.43. The number of aliphatic hydroxyl groups excluding tert-OH is 1. The molecule has 78 valence electrons. The SMILES string of the molecule is OC(O)=CCCCCCC(Br)(Br)Br. The van der Waals surface area contributed by atoms with Crippen LogP contribution in [-0.4, -0.2) is 12.4 Å². The van der Waals surface area contributed by atoms with Gasteiger partial charge in [0.25, 0.3) is 5.95 Å². The van der Waals surface area contributed by atoms with Crippen LogP contribution in [0.4, 0.5) is 0 Å². The zero-order valence-electron chi connectivity index (χ0n) is 7.14. The van der Waals surface area contributed by atoms with Gasteiger partial charge in [0.15, 0.2) is 0 Å². The topological polar surface area (TPSA) is 40.5 Å². The van der Waals surface area contributed by atoms with Crippen molar-refractivity contribution in [2.45, 2.75) is 34.2 Å². The van der Waals surface area contributed by atoms with Crippen LogP contribution in [0.3, 0.4) is 0 Å². The van der Waals surface area contributed by atoms with Gasteiger partial charge in [0.1, 0.15) is 2.14 Å². The highest BCUT2D eigenvalue weighted by atomic mass is 80.0. The van der Waals surface area contributed by atoms with Gasteiger partial charge < -0.3 is 10.2 Å². The number of halogens is 3. The fourth-order valence-electron chi connectivity index (χ4n) is 0.878. The molecule has 0 aliphatic heterocycles. The number of unbranched alkanes of at least 4 members (excludes halogenated alkanes) is 3. The van der Waals surface area contributed by atoms with E-state index in [0.717, 1.165) is 32.1 Å². The highest BCUT2D eigenvalue weighted by Gasteiger charge is 2.15. The summed E-state index contributed by atoms with van der Waals surface area (Å²) in [5.74, 6) is -0.573. The van der Waals surface area contributed by atoms with Crippen molar-refractivity contribution in [2.24, 2.45) is 0 Å². The van der Waals surface area contributed by atoms with E-state index in [4.69, 9.17) is 10.2 Å². The molecule has 0 aromatic carbocycles. The van der Waals surface area contributed by atoms with Crippen LogP contribution in [-0.2, 0) is 0 Å². The minimum absolute atomic E-state index is 0.137. The summed E-state index contributed by atoms with van der Waals surface area (Å²) in [4.78, 5) is 0. The van der Waals surface area contributed by atoms with E-state index in [9.17, 15) is 0 Å². The Kier molecular flexibility index (Phi) is 7.55. The standard InChI is InChI=1S/C8H13Br3O2/c9-8(10,11)6-4-2-1-3-5-7(12)13/h5,12-13H,1-4,6H2. The average Bonchev–Trinajstić information content (AvgIpc) is 1.93. The van der Waals surface area contributed by atoms with E-state index in [-0.39, 0.29) is 2.14 Å². The van der Waals surface area contributed by atoms with Crippen molar-refractivity contribution in [3.63, 3.8) is 0 Å². The average molecular weight is 381 g/mol. The molecular weight excluding hydrogens is 368 g/mol. The van der Waals surface area contributed by atoms with Gasteiger partial charge in [0, 0.05) is 0 Å². The molecule has 2 nitrogen and oxygen atoms in total. The molecule has 0 aromatic rings. The molecule has 2 N–H and O–H groups in total. The van der Waals surface area contributed by atoms with Crippen LogP contribution in [0.15, 0.2) is 12.0 Å². The van der Waals surface area contributed by atoms with Crippen LogP contribution in [0.5, 0.6) is 0 Å². The van der Waals surface area contributed by atoms with Crippen LogP contribution in [0.2, 0.25) is 0 Å². The second kappa shape index (κ2) is 7.12. The molecule has 0 atom stereocenters. The molecule has 5 heteroatoms. The first-order chi connectivity index (χ1) is 5.92. The number of alkyl halides is 3. The molecule has 0 fully saturated rings.